The van der Waals surface area contributed by atoms with E-state index in [0.717, 1.165) is 0 Å². The lowest BCUT2D eigenvalue weighted by molar-refractivity contribution is -0.209. The van der Waals surface area contributed by atoms with E-state index in [2.05, 4.69) is 21.7 Å². The predicted molar refractivity (Wildman–Crippen MR) is 73.8 cm³/mol. The van der Waals surface area contributed by atoms with Gasteiger partial charge in [-0.25, -0.2) is 0 Å². The Balaban J connectivity index is 2.01. The van der Waals surface area contributed by atoms with E-state index in [1.165, 1.54) is 24.3 Å². The number of nitrogens with one attached hydrogen (secondary N) is 1. The van der Waals surface area contributed by atoms with Crippen molar-refractivity contribution in [1.82, 2.24) is 0 Å². The second kappa shape index (κ2) is 6.51. The summed E-state index contributed by atoms with van der Waals surface area (Å²) < 4.78 is 34.5. The predicted octanol–water partition coefficient (Wildman–Crippen LogP) is 1.09. The smallest absolute Gasteiger partial charge is 0.420 e. The average Bonchev–Trinajstić information content (AvgIpc) is 2.43. The minimum Gasteiger partial charge on any atom is -0.420 e. The summed E-state index contributed by atoms with van der Waals surface area (Å²) in [5.74, 6) is -0.139. The highest BCUT2D eigenvalue weighted by Crippen LogP contribution is 2.27. The molecule has 0 unspecified atom stereocenters. The molecule has 0 aliphatic carbocycles. The number of rotatable bonds is 4. The summed E-state index contributed by atoms with van der Waals surface area (Å²) in [6.45, 7) is 1.55. The fraction of sp³-hybridized carbons (Fsp3) is 0.538. The maximum Gasteiger partial charge on any atom is 0.487 e. The number of benzene rings is 1. The van der Waals surface area contributed by atoms with Gasteiger partial charge in [-0.3, -0.25) is 0 Å². The number of hydrogen-bond donors (Lipinski definition) is 4. The molecule has 124 valence electrons. The Morgan fingerprint density at radius 3 is 2.27 bits per heavy atom. The van der Waals surface area contributed by atoms with Crippen LogP contribution in [-0.4, -0.2) is 51.5 Å². The van der Waals surface area contributed by atoms with Crippen LogP contribution < -0.4 is 10.1 Å². The fourth-order valence-electron chi connectivity index (χ4n) is 2.09. The first kappa shape index (κ1) is 17.2. The lowest BCUT2D eigenvalue weighted by Crippen LogP contribution is -2.58. The number of alkyl halides is 3. The maximum atomic E-state index is 12.5. The monoisotopic (exact) mass is 339 g/mol. The molecule has 1 aromatic carbocycles. The summed E-state index contributed by atoms with van der Waals surface area (Å²) in [5, 5.41) is 31.9. The standard InChI is InChI=1S/C13H16ClF2NO5/c1-6-9(18)10(19)11(20)12(21-6)17-7-2-4-8(5-3-7)22-13(14,15)16/h2-6,9-12,17-20H,1H3/t6-,9+,10-,11-,12+/m0/s1. The molecule has 5 atom stereocenters. The van der Waals surface area contributed by atoms with Gasteiger partial charge >= 0.3 is 5.57 Å². The Morgan fingerprint density at radius 1 is 1.14 bits per heavy atom. The molecule has 1 heterocycles. The number of aliphatic hydroxyl groups is 3. The number of hydrogen-bond acceptors (Lipinski definition) is 6. The van der Waals surface area contributed by atoms with Crippen molar-refractivity contribution in [3.63, 3.8) is 0 Å². The normalized spacial score (nSPS) is 32.6. The average molecular weight is 340 g/mol. The molecule has 1 aliphatic heterocycles. The first-order chi connectivity index (χ1) is 10.2. The van der Waals surface area contributed by atoms with E-state index in [4.69, 9.17) is 4.74 Å². The van der Waals surface area contributed by atoms with E-state index in [1.54, 1.807) is 6.92 Å². The van der Waals surface area contributed by atoms with Gasteiger partial charge in [-0.15, -0.1) is 8.78 Å². The summed E-state index contributed by atoms with van der Waals surface area (Å²) in [5.41, 5.74) is -3.36. The van der Waals surface area contributed by atoms with Gasteiger partial charge in [0.05, 0.1) is 6.10 Å². The van der Waals surface area contributed by atoms with Crippen molar-refractivity contribution in [2.45, 2.75) is 43.1 Å². The SMILES string of the molecule is C[C@@H]1O[C@@H](Nc2ccc(OC(F)(F)Cl)cc2)[C@@H](O)[C@@H](O)[C@@H]1O. The topological polar surface area (TPSA) is 91.2 Å². The van der Waals surface area contributed by atoms with Crippen molar-refractivity contribution in [3.05, 3.63) is 24.3 Å². The van der Waals surface area contributed by atoms with Crippen LogP contribution in [0.3, 0.4) is 0 Å². The van der Waals surface area contributed by atoms with Gasteiger partial charge in [0.2, 0.25) is 0 Å². The zero-order chi connectivity index (χ0) is 16.5. The summed E-state index contributed by atoms with van der Waals surface area (Å²) in [4.78, 5) is 0. The number of halogens is 3. The van der Waals surface area contributed by atoms with Crippen LogP contribution in [-0.2, 0) is 4.74 Å². The molecule has 0 amide bonds. The Labute approximate surface area is 130 Å². The molecule has 2 rings (SSSR count). The third kappa shape index (κ3) is 4.17. The largest absolute Gasteiger partial charge is 0.487 e. The molecule has 0 radical (unpaired) electrons. The summed E-state index contributed by atoms with van der Waals surface area (Å²) in [7, 11) is 0. The first-order valence-corrected chi connectivity index (χ1v) is 6.87. The quantitative estimate of drug-likeness (QED) is 0.614. The molecule has 0 spiro atoms. The molecule has 1 aliphatic rings. The van der Waals surface area contributed by atoms with Crippen LogP contribution in [0, 0.1) is 0 Å². The van der Waals surface area contributed by atoms with Crippen molar-refractivity contribution in [1.29, 1.82) is 0 Å². The zero-order valence-corrected chi connectivity index (χ0v) is 12.2. The van der Waals surface area contributed by atoms with Crippen LogP contribution in [0.5, 0.6) is 5.75 Å². The van der Waals surface area contributed by atoms with Crippen LogP contribution in [0.4, 0.5) is 14.5 Å². The van der Waals surface area contributed by atoms with Gasteiger partial charge in [0.1, 0.15) is 24.1 Å². The van der Waals surface area contributed by atoms with Gasteiger partial charge in [-0.2, -0.15) is 0 Å². The molecule has 9 heteroatoms. The van der Waals surface area contributed by atoms with Crippen LogP contribution in [0.1, 0.15) is 6.92 Å². The maximum absolute atomic E-state index is 12.5. The number of ether oxygens (including phenoxy) is 2. The van der Waals surface area contributed by atoms with Crippen LogP contribution in [0.15, 0.2) is 24.3 Å². The molecule has 4 N–H and O–H groups in total. The zero-order valence-electron chi connectivity index (χ0n) is 11.5. The Kier molecular flexibility index (Phi) is 5.08. The molecule has 22 heavy (non-hydrogen) atoms. The molecule has 0 aromatic heterocycles. The van der Waals surface area contributed by atoms with Crippen LogP contribution in [0.25, 0.3) is 0 Å². The van der Waals surface area contributed by atoms with Crippen molar-refractivity contribution in [3.8, 4) is 5.75 Å². The molecular formula is C13H16ClF2NO5. The first-order valence-electron chi connectivity index (χ1n) is 6.49. The molecular weight excluding hydrogens is 324 g/mol. The van der Waals surface area contributed by atoms with Gasteiger partial charge in [0.15, 0.2) is 6.23 Å². The number of aliphatic hydroxyl groups excluding tert-OH is 3. The van der Waals surface area contributed by atoms with E-state index < -0.39 is 36.2 Å². The van der Waals surface area contributed by atoms with Gasteiger partial charge < -0.3 is 30.1 Å². The molecule has 1 aromatic rings. The lowest BCUT2D eigenvalue weighted by atomic mass is 9.99. The highest BCUT2D eigenvalue weighted by atomic mass is 35.5. The lowest BCUT2D eigenvalue weighted by Gasteiger charge is -2.39. The van der Waals surface area contributed by atoms with Crippen LogP contribution in [0.2, 0.25) is 0 Å². The Hall–Kier alpha value is -1.19. The highest BCUT2D eigenvalue weighted by molar-refractivity contribution is 6.20. The minimum atomic E-state index is -3.80. The molecule has 1 fully saturated rings. The highest BCUT2D eigenvalue weighted by Gasteiger charge is 2.41. The summed E-state index contributed by atoms with van der Waals surface area (Å²) in [6.07, 6.45) is -5.56. The van der Waals surface area contributed by atoms with Gasteiger partial charge in [0.25, 0.3) is 0 Å². The van der Waals surface area contributed by atoms with E-state index in [9.17, 15) is 24.1 Å². The fourth-order valence-corrected chi connectivity index (χ4v) is 2.18. The Bertz CT molecular complexity index is 498. The van der Waals surface area contributed by atoms with Gasteiger partial charge in [-0.1, -0.05) is 0 Å². The molecule has 0 saturated carbocycles. The molecule has 1 saturated heterocycles. The molecule has 6 nitrogen and oxygen atoms in total. The van der Waals surface area contributed by atoms with E-state index in [-0.39, 0.29) is 5.75 Å². The second-order valence-electron chi connectivity index (χ2n) is 4.95. The summed E-state index contributed by atoms with van der Waals surface area (Å²) in [6, 6.07) is 5.33. The number of anilines is 1. The van der Waals surface area contributed by atoms with Crippen molar-refractivity contribution < 1.29 is 33.6 Å². The van der Waals surface area contributed by atoms with Gasteiger partial charge in [0, 0.05) is 17.3 Å². The summed E-state index contributed by atoms with van der Waals surface area (Å²) >= 11 is 4.65. The van der Waals surface area contributed by atoms with E-state index in [1.807, 2.05) is 0 Å². The van der Waals surface area contributed by atoms with Crippen molar-refractivity contribution >= 4 is 17.3 Å². The third-order valence-electron chi connectivity index (χ3n) is 3.25. The third-order valence-corrected chi connectivity index (χ3v) is 3.33. The van der Waals surface area contributed by atoms with Crippen molar-refractivity contribution in [2.24, 2.45) is 0 Å². The molecule has 0 bridgehead atoms. The van der Waals surface area contributed by atoms with E-state index in [0.29, 0.717) is 5.69 Å². The second-order valence-corrected chi connectivity index (χ2v) is 5.39. The van der Waals surface area contributed by atoms with E-state index >= 15 is 0 Å². The Morgan fingerprint density at radius 2 is 1.73 bits per heavy atom. The van der Waals surface area contributed by atoms with Crippen LogP contribution >= 0.6 is 11.6 Å². The minimum absolute atomic E-state index is 0.139. The van der Waals surface area contributed by atoms with Crippen molar-refractivity contribution in [2.75, 3.05) is 5.32 Å². The van der Waals surface area contributed by atoms with Gasteiger partial charge in [-0.05, 0) is 31.2 Å².